The predicted octanol–water partition coefficient (Wildman–Crippen LogP) is 1.23. The van der Waals surface area contributed by atoms with Crippen molar-refractivity contribution in [3.63, 3.8) is 0 Å². The summed E-state index contributed by atoms with van der Waals surface area (Å²) >= 11 is 0. The van der Waals surface area contributed by atoms with Crippen LogP contribution in [0.4, 0.5) is 0 Å². The van der Waals surface area contributed by atoms with Crippen LogP contribution in [0.1, 0.15) is 32.1 Å². The average Bonchev–Trinajstić information content (AvgIpc) is 2.81. The Morgan fingerprint density at radius 2 is 2.31 bits per heavy atom. The molecule has 0 spiro atoms. The molecule has 2 rings (SSSR count). The van der Waals surface area contributed by atoms with E-state index < -0.39 is 5.97 Å². The van der Waals surface area contributed by atoms with Gasteiger partial charge in [-0.1, -0.05) is 0 Å². The van der Waals surface area contributed by atoms with Crippen molar-refractivity contribution < 1.29 is 9.90 Å². The van der Waals surface area contributed by atoms with Gasteiger partial charge in [0, 0.05) is 0 Å². The van der Waals surface area contributed by atoms with Gasteiger partial charge >= 0.3 is 5.97 Å². The van der Waals surface area contributed by atoms with Crippen LogP contribution in [0.2, 0.25) is 0 Å². The van der Waals surface area contributed by atoms with Crippen LogP contribution in [0.5, 0.6) is 0 Å². The number of hydrogen-bond acceptors (Lipinski definition) is 2. The first-order chi connectivity index (χ1) is 6.15. The molecule has 2 fully saturated rings. The molecule has 0 bridgehead atoms. The van der Waals surface area contributed by atoms with E-state index in [1.807, 2.05) is 0 Å². The fourth-order valence-electron chi connectivity index (χ4n) is 2.80. The van der Waals surface area contributed by atoms with Gasteiger partial charge in [-0.15, -0.1) is 0 Å². The van der Waals surface area contributed by atoms with Crippen molar-refractivity contribution in [1.29, 1.82) is 0 Å². The molecule has 0 saturated heterocycles. The summed E-state index contributed by atoms with van der Waals surface area (Å²) in [5.41, 5.74) is 5.64. The van der Waals surface area contributed by atoms with Crippen LogP contribution in [0.15, 0.2) is 0 Å². The predicted molar refractivity (Wildman–Crippen MR) is 49.2 cm³/mol. The average molecular weight is 183 g/mol. The summed E-state index contributed by atoms with van der Waals surface area (Å²) in [5, 5.41) is 8.81. The van der Waals surface area contributed by atoms with Crippen molar-refractivity contribution >= 4 is 5.97 Å². The summed E-state index contributed by atoms with van der Waals surface area (Å²) in [7, 11) is 0. The Morgan fingerprint density at radius 3 is 2.85 bits per heavy atom. The third-order valence-corrected chi connectivity index (χ3v) is 3.77. The first kappa shape index (κ1) is 9.00. The van der Waals surface area contributed by atoms with Crippen LogP contribution in [0.25, 0.3) is 0 Å². The van der Waals surface area contributed by atoms with Crippen molar-refractivity contribution in [3.05, 3.63) is 0 Å². The van der Waals surface area contributed by atoms with Gasteiger partial charge in [-0.3, -0.25) is 4.79 Å². The van der Waals surface area contributed by atoms with Crippen molar-refractivity contribution in [3.8, 4) is 0 Å². The van der Waals surface area contributed by atoms with Gasteiger partial charge in [0.1, 0.15) is 0 Å². The number of rotatable bonds is 3. The molecular weight excluding hydrogens is 166 g/mol. The SMILES string of the molecule is NC[C@@]1(CC(=O)O)CC[C@@H]2CC2C1. The third kappa shape index (κ3) is 1.70. The van der Waals surface area contributed by atoms with E-state index in [2.05, 4.69) is 0 Å². The van der Waals surface area contributed by atoms with E-state index in [0.717, 1.165) is 24.7 Å². The zero-order valence-corrected chi connectivity index (χ0v) is 7.83. The van der Waals surface area contributed by atoms with Gasteiger partial charge in [0.25, 0.3) is 0 Å². The highest BCUT2D eigenvalue weighted by molar-refractivity contribution is 5.67. The molecule has 3 heteroatoms. The van der Waals surface area contributed by atoms with E-state index in [1.54, 1.807) is 0 Å². The minimum atomic E-state index is -0.690. The normalized spacial score (nSPS) is 42.5. The van der Waals surface area contributed by atoms with Crippen LogP contribution in [0, 0.1) is 17.3 Å². The molecule has 13 heavy (non-hydrogen) atoms. The van der Waals surface area contributed by atoms with Gasteiger partial charge in [0.2, 0.25) is 0 Å². The van der Waals surface area contributed by atoms with Gasteiger partial charge in [-0.2, -0.15) is 0 Å². The van der Waals surface area contributed by atoms with E-state index in [0.29, 0.717) is 6.54 Å². The van der Waals surface area contributed by atoms with E-state index in [4.69, 9.17) is 10.8 Å². The molecule has 0 amide bonds. The first-order valence-electron chi connectivity index (χ1n) is 5.07. The Labute approximate surface area is 78.3 Å². The molecule has 0 radical (unpaired) electrons. The van der Waals surface area contributed by atoms with E-state index in [1.165, 1.54) is 12.8 Å². The standard InChI is InChI=1S/C10H17NO2/c11-6-10(5-9(12)13)2-1-7-3-8(7)4-10/h7-8H,1-6,11H2,(H,12,13)/t7-,8?,10+/m1/s1. The van der Waals surface area contributed by atoms with Crippen molar-refractivity contribution in [2.75, 3.05) is 6.54 Å². The van der Waals surface area contributed by atoms with E-state index in [-0.39, 0.29) is 11.8 Å². The molecule has 2 aliphatic carbocycles. The molecule has 3 N–H and O–H groups in total. The lowest BCUT2D eigenvalue weighted by atomic mass is 9.72. The van der Waals surface area contributed by atoms with Crippen LogP contribution in [0.3, 0.4) is 0 Å². The lowest BCUT2D eigenvalue weighted by Gasteiger charge is -2.34. The van der Waals surface area contributed by atoms with Gasteiger partial charge in [0.05, 0.1) is 6.42 Å². The second-order valence-electron chi connectivity index (χ2n) is 4.77. The number of carboxylic acid groups (broad SMARTS) is 1. The van der Waals surface area contributed by atoms with Crippen LogP contribution >= 0.6 is 0 Å². The summed E-state index contributed by atoms with van der Waals surface area (Å²) in [5.74, 6) is 1.02. The Balaban J connectivity index is 2.01. The van der Waals surface area contributed by atoms with Gasteiger partial charge in [0.15, 0.2) is 0 Å². The first-order valence-corrected chi connectivity index (χ1v) is 5.07. The lowest BCUT2D eigenvalue weighted by Crippen LogP contribution is -2.35. The number of nitrogens with two attached hydrogens (primary N) is 1. The smallest absolute Gasteiger partial charge is 0.303 e. The lowest BCUT2D eigenvalue weighted by molar-refractivity contribution is -0.140. The second kappa shape index (κ2) is 2.98. The van der Waals surface area contributed by atoms with E-state index >= 15 is 0 Å². The highest BCUT2D eigenvalue weighted by Crippen LogP contribution is 2.56. The molecule has 2 aliphatic rings. The van der Waals surface area contributed by atoms with Crippen LogP contribution in [-0.4, -0.2) is 17.6 Å². The maximum atomic E-state index is 10.7. The molecule has 0 aliphatic heterocycles. The number of carboxylic acids is 1. The minimum Gasteiger partial charge on any atom is -0.481 e. The summed E-state index contributed by atoms with van der Waals surface area (Å²) < 4.78 is 0. The summed E-state index contributed by atoms with van der Waals surface area (Å²) in [4.78, 5) is 10.7. The Bertz CT molecular complexity index is 229. The number of carbonyl (C=O) groups is 1. The zero-order chi connectivity index (χ0) is 9.47. The molecule has 0 aromatic carbocycles. The summed E-state index contributed by atoms with van der Waals surface area (Å²) in [6.45, 7) is 0.544. The molecule has 0 heterocycles. The van der Waals surface area contributed by atoms with Gasteiger partial charge < -0.3 is 10.8 Å². The maximum Gasteiger partial charge on any atom is 0.303 e. The van der Waals surface area contributed by atoms with Crippen molar-refractivity contribution in [1.82, 2.24) is 0 Å². The number of aliphatic carboxylic acids is 1. The maximum absolute atomic E-state index is 10.7. The molecule has 0 aromatic heterocycles. The molecule has 0 aromatic rings. The number of fused-ring (bicyclic) bond motifs is 1. The van der Waals surface area contributed by atoms with Crippen LogP contribution in [-0.2, 0) is 4.79 Å². The Morgan fingerprint density at radius 1 is 1.54 bits per heavy atom. The molecule has 74 valence electrons. The fraction of sp³-hybridized carbons (Fsp3) is 0.900. The minimum absolute atomic E-state index is 0.0660. The molecular formula is C10H17NO2. The summed E-state index contributed by atoms with van der Waals surface area (Å²) in [6, 6.07) is 0. The topological polar surface area (TPSA) is 63.3 Å². The van der Waals surface area contributed by atoms with E-state index in [9.17, 15) is 4.79 Å². The fourth-order valence-corrected chi connectivity index (χ4v) is 2.80. The Hall–Kier alpha value is -0.570. The summed E-state index contributed by atoms with van der Waals surface area (Å²) in [6.07, 6.45) is 4.88. The Kier molecular flexibility index (Phi) is 2.06. The monoisotopic (exact) mass is 183 g/mol. The molecule has 2 saturated carbocycles. The highest BCUT2D eigenvalue weighted by Gasteiger charge is 2.48. The molecule has 3 nitrogen and oxygen atoms in total. The third-order valence-electron chi connectivity index (χ3n) is 3.77. The van der Waals surface area contributed by atoms with Gasteiger partial charge in [-0.05, 0) is 49.5 Å². The highest BCUT2D eigenvalue weighted by atomic mass is 16.4. The van der Waals surface area contributed by atoms with Crippen LogP contribution < -0.4 is 5.73 Å². The van der Waals surface area contributed by atoms with Gasteiger partial charge in [-0.25, -0.2) is 0 Å². The zero-order valence-electron chi connectivity index (χ0n) is 7.83. The van der Waals surface area contributed by atoms with Crippen molar-refractivity contribution in [2.24, 2.45) is 23.0 Å². The second-order valence-corrected chi connectivity index (χ2v) is 4.77. The molecule has 1 unspecified atom stereocenters. The largest absolute Gasteiger partial charge is 0.481 e. The van der Waals surface area contributed by atoms with Crippen molar-refractivity contribution in [2.45, 2.75) is 32.1 Å². The molecule has 3 atom stereocenters. The number of hydrogen-bond donors (Lipinski definition) is 2. The quantitative estimate of drug-likeness (QED) is 0.691.